The number of nitrogens with one attached hydrogen (secondary N) is 1. The standard InChI is InChI=1S/C16H23NO/c18-16(13-15-9-2-1-3-10-15)17-12-6-11-14-7-4-5-8-14/h1-3,9-10,14H,4-8,11-13H2,(H,17,18). The lowest BCUT2D eigenvalue weighted by Crippen LogP contribution is -2.26. The lowest BCUT2D eigenvalue weighted by molar-refractivity contribution is -0.120. The maximum atomic E-state index is 11.7. The summed E-state index contributed by atoms with van der Waals surface area (Å²) in [6, 6.07) is 9.92. The Bertz CT molecular complexity index is 355. The molecule has 1 aliphatic carbocycles. The van der Waals surface area contributed by atoms with Crippen LogP contribution in [0.3, 0.4) is 0 Å². The van der Waals surface area contributed by atoms with Gasteiger partial charge in [0.2, 0.25) is 5.91 Å². The second kappa shape index (κ2) is 7.20. The minimum atomic E-state index is 0.146. The van der Waals surface area contributed by atoms with Crippen molar-refractivity contribution in [3.8, 4) is 0 Å². The summed E-state index contributed by atoms with van der Waals surface area (Å²) in [5, 5.41) is 3.02. The molecule has 0 atom stereocenters. The minimum absolute atomic E-state index is 0.146. The maximum Gasteiger partial charge on any atom is 0.224 e. The topological polar surface area (TPSA) is 29.1 Å². The number of carbonyl (C=O) groups excluding carboxylic acids is 1. The number of carbonyl (C=O) groups is 1. The van der Waals surface area contributed by atoms with Crippen molar-refractivity contribution in [3.63, 3.8) is 0 Å². The molecule has 2 nitrogen and oxygen atoms in total. The number of amides is 1. The van der Waals surface area contributed by atoms with Crippen LogP contribution in [0.1, 0.15) is 44.1 Å². The second-order valence-electron chi connectivity index (χ2n) is 5.31. The van der Waals surface area contributed by atoms with E-state index in [1.54, 1.807) is 0 Å². The summed E-state index contributed by atoms with van der Waals surface area (Å²) >= 11 is 0. The summed E-state index contributed by atoms with van der Waals surface area (Å²) in [5.41, 5.74) is 1.09. The first kappa shape index (κ1) is 13.1. The SMILES string of the molecule is O=C(Cc1ccccc1)NCCCC1CCCC1. The number of benzene rings is 1. The van der Waals surface area contributed by atoms with Gasteiger partial charge in [0, 0.05) is 6.54 Å². The molecule has 1 amide bonds. The molecule has 1 fully saturated rings. The number of hydrogen-bond acceptors (Lipinski definition) is 1. The molecule has 0 unspecified atom stereocenters. The van der Waals surface area contributed by atoms with Gasteiger partial charge in [-0.3, -0.25) is 4.79 Å². The van der Waals surface area contributed by atoms with Gasteiger partial charge in [0.25, 0.3) is 0 Å². The zero-order chi connectivity index (χ0) is 12.6. The predicted octanol–water partition coefficient (Wildman–Crippen LogP) is 3.32. The van der Waals surface area contributed by atoms with Crippen molar-refractivity contribution in [2.45, 2.75) is 44.9 Å². The molecular weight excluding hydrogens is 222 g/mol. The van der Waals surface area contributed by atoms with E-state index in [0.717, 1.165) is 24.4 Å². The molecule has 0 bridgehead atoms. The van der Waals surface area contributed by atoms with Crippen LogP contribution in [-0.4, -0.2) is 12.5 Å². The Kier molecular flexibility index (Phi) is 5.25. The summed E-state index contributed by atoms with van der Waals surface area (Å²) in [5.74, 6) is 1.07. The van der Waals surface area contributed by atoms with E-state index >= 15 is 0 Å². The van der Waals surface area contributed by atoms with Crippen LogP contribution in [-0.2, 0) is 11.2 Å². The van der Waals surface area contributed by atoms with Crippen LogP contribution in [0.4, 0.5) is 0 Å². The van der Waals surface area contributed by atoms with Gasteiger partial charge in [-0.05, 0) is 24.3 Å². The zero-order valence-corrected chi connectivity index (χ0v) is 11.0. The molecule has 0 saturated heterocycles. The summed E-state index contributed by atoms with van der Waals surface area (Å²) in [4.78, 5) is 11.7. The van der Waals surface area contributed by atoms with Crippen LogP contribution in [0.25, 0.3) is 0 Å². The third-order valence-corrected chi connectivity index (χ3v) is 3.79. The fourth-order valence-corrected chi connectivity index (χ4v) is 2.76. The van der Waals surface area contributed by atoms with E-state index in [4.69, 9.17) is 0 Å². The molecule has 2 rings (SSSR count). The van der Waals surface area contributed by atoms with Crippen LogP contribution in [0.2, 0.25) is 0 Å². The Labute approximate surface area is 110 Å². The molecule has 98 valence electrons. The quantitative estimate of drug-likeness (QED) is 0.765. The van der Waals surface area contributed by atoms with Gasteiger partial charge < -0.3 is 5.32 Å². The zero-order valence-electron chi connectivity index (χ0n) is 11.0. The fraction of sp³-hybridized carbons (Fsp3) is 0.562. The van der Waals surface area contributed by atoms with Gasteiger partial charge >= 0.3 is 0 Å². The van der Waals surface area contributed by atoms with Crippen molar-refractivity contribution < 1.29 is 4.79 Å². The first-order chi connectivity index (χ1) is 8.84. The van der Waals surface area contributed by atoms with Crippen molar-refractivity contribution in [3.05, 3.63) is 35.9 Å². The van der Waals surface area contributed by atoms with Crippen LogP contribution in [0, 0.1) is 5.92 Å². The van der Waals surface area contributed by atoms with E-state index < -0.39 is 0 Å². The fourth-order valence-electron chi connectivity index (χ4n) is 2.76. The third kappa shape index (κ3) is 4.52. The van der Waals surface area contributed by atoms with Crippen molar-refractivity contribution in [2.75, 3.05) is 6.54 Å². The summed E-state index contributed by atoms with van der Waals surface area (Å²) in [7, 11) is 0. The van der Waals surface area contributed by atoms with Gasteiger partial charge in [-0.1, -0.05) is 56.0 Å². The van der Waals surface area contributed by atoms with Crippen molar-refractivity contribution in [2.24, 2.45) is 5.92 Å². The predicted molar refractivity (Wildman–Crippen MR) is 74.3 cm³/mol. The molecule has 0 aliphatic heterocycles. The van der Waals surface area contributed by atoms with Crippen LogP contribution in [0.15, 0.2) is 30.3 Å². The molecule has 1 saturated carbocycles. The molecule has 1 aromatic carbocycles. The van der Waals surface area contributed by atoms with Gasteiger partial charge in [-0.25, -0.2) is 0 Å². The van der Waals surface area contributed by atoms with Gasteiger partial charge in [0.15, 0.2) is 0 Å². The van der Waals surface area contributed by atoms with Gasteiger partial charge in [0.1, 0.15) is 0 Å². The molecule has 1 N–H and O–H groups in total. The van der Waals surface area contributed by atoms with Gasteiger partial charge in [-0.2, -0.15) is 0 Å². The summed E-state index contributed by atoms with van der Waals surface area (Å²) in [6.45, 7) is 0.835. The molecule has 1 aromatic rings. The average molecular weight is 245 g/mol. The second-order valence-corrected chi connectivity index (χ2v) is 5.31. The van der Waals surface area contributed by atoms with Gasteiger partial charge in [-0.15, -0.1) is 0 Å². The smallest absolute Gasteiger partial charge is 0.224 e. The normalized spacial score (nSPS) is 15.8. The average Bonchev–Trinajstić information content (AvgIpc) is 2.89. The Hall–Kier alpha value is -1.31. The first-order valence-electron chi connectivity index (χ1n) is 7.15. The van der Waals surface area contributed by atoms with Crippen molar-refractivity contribution >= 4 is 5.91 Å². The molecule has 0 heterocycles. The Balaban J connectivity index is 1.57. The Morgan fingerprint density at radius 1 is 1.17 bits per heavy atom. The summed E-state index contributed by atoms with van der Waals surface area (Å²) < 4.78 is 0. The van der Waals surface area contributed by atoms with E-state index in [-0.39, 0.29) is 5.91 Å². The highest BCUT2D eigenvalue weighted by Crippen LogP contribution is 2.28. The highest BCUT2D eigenvalue weighted by Gasteiger charge is 2.14. The molecule has 0 radical (unpaired) electrons. The lowest BCUT2D eigenvalue weighted by Gasteiger charge is -2.09. The molecule has 1 aliphatic rings. The molecule has 0 aromatic heterocycles. The highest BCUT2D eigenvalue weighted by molar-refractivity contribution is 5.78. The largest absolute Gasteiger partial charge is 0.356 e. The van der Waals surface area contributed by atoms with Crippen LogP contribution >= 0.6 is 0 Å². The van der Waals surface area contributed by atoms with E-state index in [1.807, 2.05) is 30.3 Å². The van der Waals surface area contributed by atoms with Crippen molar-refractivity contribution in [1.29, 1.82) is 0 Å². The third-order valence-electron chi connectivity index (χ3n) is 3.79. The highest BCUT2D eigenvalue weighted by atomic mass is 16.1. The molecule has 2 heteroatoms. The first-order valence-corrected chi connectivity index (χ1v) is 7.15. The summed E-state index contributed by atoms with van der Waals surface area (Å²) in [6.07, 6.45) is 8.53. The Morgan fingerprint density at radius 3 is 2.61 bits per heavy atom. The minimum Gasteiger partial charge on any atom is -0.356 e. The lowest BCUT2D eigenvalue weighted by atomic mass is 10.0. The molecule has 0 spiro atoms. The van der Waals surface area contributed by atoms with Gasteiger partial charge in [0.05, 0.1) is 6.42 Å². The number of rotatable bonds is 6. The molecular formula is C16H23NO. The number of hydrogen-bond donors (Lipinski definition) is 1. The van der Waals surface area contributed by atoms with Crippen molar-refractivity contribution in [1.82, 2.24) is 5.32 Å². The van der Waals surface area contributed by atoms with E-state index in [2.05, 4.69) is 5.32 Å². The molecule has 18 heavy (non-hydrogen) atoms. The van der Waals surface area contributed by atoms with E-state index in [0.29, 0.717) is 6.42 Å². The van der Waals surface area contributed by atoms with Crippen LogP contribution < -0.4 is 5.32 Å². The van der Waals surface area contributed by atoms with E-state index in [9.17, 15) is 4.79 Å². The van der Waals surface area contributed by atoms with Crippen LogP contribution in [0.5, 0.6) is 0 Å². The van der Waals surface area contributed by atoms with E-state index in [1.165, 1.54) is 32.1 Å². The Morgan fingerprint density at radius 2 is 1.89 bits per heavy atom. The monoisotopic (exact) mass is 245 g/mol. The maximum absolute atomic E-state index is 11.7.